The number of aromatic nitrogens is 1. The lowest BCUT2D eigenvalue weighted by atomic mass is 9.78. The smallest absolute Gasteiger partial charge is 0.411 e. The van der Waals surface area contributed by atoms with Crippen LogP contribution >= 0.6 is 0 Å². The molecule has 164 valence electrons. The molecule has 3 fully saturated rings. The van der Waals surface area contributed by atoms with E-state index in [4.69, 9.17) is 0 Å². The number of nitrogens with zero attached hydrogens (tertiary/aromatic N) is 4. The molecule has 0 radical (unpaired) electrons. The number of aryl methyl sites for hydroxylation is 1. The molecule has 2 saturated heterocycles. The van der Waals surface area contributed by atoms with Crippen molar-refractivity contribution in [2.75, 3.05) is 36.5 Å². The number of pyridine rings is 1. The molecule has 8 nitrogen and oxygen atoms in total. The Morgan fingerprint density at radius 3 is 2.63 bits per heavy atom. The van der Waals surface area contributed by atoms with Gasteiger partial charge in [0.1, 0.15) is 5.82 Å². The number of likely N-dealkylation sites (tertiary alicyclic amines) is 1. The van der Waals surface area contributed by atoms with Gasteiger partial charge in [0.2, 0.25) is 5.91 Å². The van der Waals surface area contributed by atoms with Crippen LogP contribution in [0.1, 0.15) is 50.5 Å². The van der Waals surface area contributed by atoms with E-state index in [0.29, 0.717) is 12.2 Å². The molecule has 4 rings (SSSR count). The molecule has 3 heterocycles. The highest BCUT2D eigenvalue weighted by Gasteiger charge is 2.50. The first kappa shape index (κ1) is 20.9. The standard InChI is InChI=1S/C22H32N4O4/c1-15-12-17(24(2)21(29)30)13-23-19(15)25-10-3-8-22(14-25)9-11-26(20(22)28)16-4-6-18(27)7-5-16/h12-13,16,18,27H,3-11,14H2,1-2H3,(H,29,30). The number of rotatable bonds is 3. The van der Waals surface area contributed by atoms with Crippen molar-refractivity contribution in [1.29, 1.82) is 0 Å². The highest BCUT2D eigenvalue weighted by Crippen LogP contribution is 2.43. The van der Waals surface area contributed by atoms with Gasteiger partial charge in [-0.25, -0.2) is 9.78 Å². The van der Waals surface area contributed by atoms with Crippen LogP contribution in [0, 0.1) is 12.3 Å². The Morgan fingerprint density at radius 2 is 1.97 bits per heavy atom. The predicted octanol–water partition coefficient (Wildman–Crippen LogP) is 2.63. The van der Waals surface area contributed by atoms with Crippen molar-refractivity contribution in [2.24, 2.45) is 5.41 Å². The lowest BCUT2D eigenvalue weighted by Crippen LogP contribution is -2.50. The number of hydrogen-bond acceptors (Lipinski definition) is 5. The van der Waals surface area contributed by atoms with E-state index in [1.807, 2.05) is 13.0 Å². The number of piperidine rings is 1. The van der Waals surface area contributed by atoms with Crippen LogP contribution in [0.5, 0.6) is 0 Å². The molecule has 1 saturated carbocycles. The third kappa shape index (κ3) is 3.73. The van der Waals surface area contributed by atoms with Gasteiger partial charge < -0.3 is 20.0 Å². The monoisotopic (exact) mass is 416 g/mol. The molecular weight excluding hydrogens is 384 g/mol. The van der Waals surface area contributed by atoms with Crippen LogP contribution < -0.4 is 9.80 Å². The van der Waals surface area contributed by atoms with Crippen LogP contribution in [0.2, 0.25) is 0 Å². The zero-order chi connectivity index (χ0) is 21.5. The Balaban J connectivity index is 1.49. The largest absolute Gasteiger partial charge is 0.465 e. The highest BCUT2D eigenvalue weighted by molar-refractivity contribution is 5.87. The molecule has 2 aliphatic heterocycles. The molecule has 0 bridgehead atoms. The minimum atomic E-state index is -1.02. The molecule has 0 aromatic carbocycles. The summed E-state index contributed by atoms with van der Waals surface area (Å²) in [6.07, 6.45) is 6.45. The summed E-state index contributed by atoms with van der Waals surface area (Å²) in [5.41, 5.74) is 1.11. The normalized spacial score (nSPS) is 29.5. The van der Waals surface area contributed by atoms with Crippen LogP contribution in [-0.4, -0.2) is 70.9 Å². The van der Waals surface area contributed by atoms with E-state index in [0.717, 1.165) is 74.3 Å². The number of carbonyl (C=O) groups excluding carboxylic acids is 1. The first-order valence-electron chi connectivity index (χ1n) is 11.0. The molecule has 8 heteroatoms. The zero-order valence-electron chi connectivity index (χ0n) is 17.9. The summed E-state index contributed by atoms with van der Waals surface area (Å²) in [6, 6.07) is 2.11. The van der Waals surface area contributed by atoms with Crippen molar-refractivity contribution < 1.29 is 19.8 Å². The second kappa shape index (κ2) is 8.06. The molecule has 30 heavy (non-hydrogen) atoms. The van der Waals surface area contributed by atoms with Crippen molar-refractivity contribution in [3.05, 3.63) is 17.8 Å². The number of aliphatic hydroxyl groups excluding tert-OH is 1. The fourth-order valence-electron chi connectivity index (χ4n) is 5.43. The van der Waals surface area contributed by atoms with Crippen molar-refractivity contribution in [3.63, 3.8) is 0 Å². The first-order valence-corrected chi connectivity index (χ1v) is 11.0. The summed E-state index contributed by atoms with van der Waals surface area (Å²) >= 11 is 0. The van der Waals surface area contributed by atoms with E-state index in [-0.39, 0.29) is 23.5 Å². The van der Waals surface area contributed by atoms with Crippen LogP contribution in [-0.2, 0) is 4.79 Å². The van der Waals surface area contributed by atoms with E-state index in [2.05, 4.69) is 14.8 Å². The average Bonchev–Trinajstić information content (AvgIpc) is 3.03. The van der Waals surface area contributed by atoms with Gasteiger partial charge in [-0.2, -0.15) is 0 Å². The lowest BCUT2D eigenvalue weighted by Gasteiger charge is -2.41. The van der Waals surface area contributed by atoms with Crippen molar-refractivity contribution in [2.45, 2.75) is 64.0 Å². The third-order valence-electron chi connectivity index (χ3n) is 7.24. The summed E-state index contributed by atoms with van der Waals surface area (Å²) in [7, 11) is 1.50. The fraction of sp³-hybridized carbons (Fsp3) is 0.682. The number of amides is 2. The minimum Gasteiger partial charge on any atom is -0.465 e. The Hall–Kier alpha value is -2.35. The number of carbonyl (C=O) groups is 2. The van der Waals surface area contributed by atoms with Crippen molar-refractivity contribution >= 4 is 23.5 Å². The van der Waals surface area contributed by atoms with Crippen LogP contribution in [0.3, 0.4) is 0 Å². The fourth-order valence-corrected chi connectivity index (χ4v) is 5.43. The summed E-state index contributed by atoms with van der Waals surface area (Å²) in [5.74, 6) is 1.11. The molecule has 3 aliphatic rings. The molecule has 1 unspecified atom stereocenters. The van der Waals surface area contributed by atoms with Gasteiger partial charge >= 0.3 is 6.09 Å². The van der Waals surface area contributed by atoms with Crippen LogP contribution in [0.25, 0.3) is 0 Å². The highest BCUT2D eigenvalue weighted by atomic mass is 16.4. The van der Waals surface area contributed by atoms with Gasteiger partial charge in [-0.1, -0.05) is 0 Å². The van der Waals surface area contributed by atoms with Crippen molar-refractivity contribution in [1.82, 2.24) is 9.88 Å². The summed E-state index contributed by atoms with van der Waals surface area (Å²) in [4.78, 5) is 34.7. The van der Waals surface area contributed by atoms with E-state index >= 15 is 0 Å². The quantitative estimate of drug-likeness (QED) is 0.786. The van der Waals surface area contributed by atoms with Crippen LogP contribution in [0.15, 0.2) is 12.3 Å². The maximum atomic E-state index is 13.5. The first-order chi connectivity index (χ1) is 14.3. The molecule has 1 aliphatic carbocycles. The number of anilines is 2. The SMILES string of the molecule is Cc1cc(N(C)C(=O)O)cnc1N1CCCC2(CCN(C3CCC(O)CC3)C2=O)C1. The molecule has 1 aromatic heterocycles. The van der Waals surface area contributed by atoms with Gasteiger partial charge in [-0.05, 0) is 63.5 Å². The van der Waals surface area contributed by atoms with Gasteiger partial charge in [0, 0.05) is 32.7 Å². The van der Waals surface area contributed by atoms with E-state index < -0.39 is 6.09 Å². The minimum absolute atomic E-state index is 0.213. The van der Waals surface area contributed by atoms with E-state index in [1.165, 1.54) is 7.05 Å². The van der Waals surface area contributed by atoms with Gasteiger partial charge in [-0.3, -0.25) is 9.69 Å². The average molecular weight is 417 g/mol. The van der Waals surface area contributed by atoms with Gasteiger partial charge in [-0.15, -0.1) is 0 Å². The lowest BCUT2D eigenvalue weighted by molar-refractivity contribution is -0.139. The number of carboxylic acid groups (broad SMARTS) is 1. The van der Waals surface area contributed by atoms with Gasteiger partial charge in [0.15, 0.2) is 0 Å². The molecule has 1 aromatic rings. The Kier molecular flexibility index (Phi) is 5.61. The van der Waals surface area contributed by atoms with E-state index in [1.54, 1.807) is 6.20 Å². The number of aliphatic hydroxyl groups is 1. The molecule has 1 spiro atoms. The Labute approximate surface area is 177 Å². The summed E-state index contributed by atoms with van der Waals surface area (Å²) in [5, 5.41) is 19.0. The van der Waals surface area contributed by atoms with Crippen LogP contribution in [0.4, 0.5) is 16.3 Å². The molecule has 2 amide bonds. The number of hydrogen-bond donors (Lipinski definition) is 2. The molecule has 2 N–H and O–H groups in total. The maximum absolute atomic E-state index is 13.5. The van der Waals surface area contributed by atoms with Gasteiger partial charge in [0.25, 0.3) is 0 Å². The third-order valence-corrected chi connectivity index (χ3v) is 7.24. The predicted molar refractivity (Wildman–Crippen MR) is 114 cm³/mol. The molecular formula is C22H32N4O4. The van der Waals surface area contributed by atoms with E-state index in [9.17, 15) is 19.8 Å². The van der Waals surface area contributed by atoms with Gasteiger partial charge in [0.05, 0.1) is 23.4 Å². The maximum Gasteiger partial charge on any atom is 0.411 e. The second-order valence-corrected chi connectivity index (χ2v) is 9.19. The second-order valence-electron chi connectivity index (χ2n) is 9.19. The van der Waals surface area contributed by atoms with Crippen molar-refractivity contribution in [3.8, 4) is 0 Å². The Bertz CT molecular complexity index is 823. The topological polar surface area (TPSA) is 97.2 Å². The summed E-state index contributed by atoms with van der Waals surface area (Å²) < 4.78 is 0. The summed E-state index contributed by atoms with van der Waals surface area (Å²) in [6.45, 7) is 4.27. The zero-order valence-corrected chi connectivity index (χ0v) is 17.9. The molecule has 1 atom stereocenters. The Morgan fingerprint density at radius 1 is 1.23 bits per heavy atom.